The summed E-state index contributed by atoms with van der Waals surface area (Å²) in [6.45, 7) is 4.75. The van der Waals surface area contributed by atoms with Crippen LogP contribution in [0.25, 0.3) is 97.8 Å². The van der Waals surface area contributed by atoms with Gasteiger partial charge in [0.05, 0.1) is 27.5 Å². The van der Waals surface area contributed by atoms with Gasteiger partial charge < -0.3 is 9.13 Å². The van der Waals surface area contributed by atoms with E-state index in [1.165, 1.54) is 54.8 Å². The maximum absolute atomic E-state index is 10.4. The van der Waals surface area contributed by atoms with Crippen molar-refractivity contribution in [2.45, 2.75) is 19.3 Å². The maximum atomic E-state index is 10.4. The lowest BCUT2D eigenvalue weighted by atomic mass is 9.81. The van der Waals surface area contributed by atoms with Gasteiger partial charge in [-0.25, -0.2) is 9.97 Å². The number of benzene rings is 7. The fourth-order valence-electron chi connectivity index (χ4n) is 9.39. The largest absolute Gasteiger partial charge is 0.309 e. The van der Waals surface area contributed by atoms with Crippen molar-refractivity contribution in [2.75, 3.05) is 0 Å². The van der Waals surface area contributed by atoms with Crippen LogP contribution in [0.5, 0.6) is 0 Å². The molecule has 6 heteroatoms. The third-order valence-corrected chi connectivity index (χ3v) is 13.1. The molecular weight excluding hydrogens is 703 g/mol. The van der Waals surface area contributed by atoms with Crippen LogP contribution in [0.4, 0.5) is 0 Å². The van der Waals surface area contributed by atoms with Crippen molar-refractivity contribution in [1.82, 2.24) is 19.1 Å². The molecule has 0 radical (unpaired) electrons. The highest BCUT2D eigenvalue weighted by Gasteiger charge is 2.37. The Kier molecular flexibility index (Phi) is 6.28. The highest BCUT2D eigenvalue weighted by atomic mass is 32.1. The topological polar surface area (TPSA) is 59.4 Å². The van der Waals surface area contributed by atoms with Crippen LogP contribution in [0.1, 0.15) is 30.7 Å². The zero-order valence-electron chi connectivity index (χ0n) is 30.6. The Bertz CT molecular complexity index is 3510. The summed E-state index contributed by atoms with van der Waals surface area (Å²) in [5, 5.41) is 17.2. The quantitative estimate of drug-likeness (QED) is 0.182. The van der Waals surface area contributed by atoms with E-state index in [1.807, 2.05) is 30.3 Å². The number of hydrogen-bond acceptors (Lipinski definition) is 4. The van der Waals surface area contributed by atoms with E-state index in [0.717, 1.165) is 48.3 Å². The lowest BCUT2D eigenvalue weighted by Crippen LogP contribution is -2.14. The molecule has 262 valence electrons. The minimum Gasteiger partial charge on any atom is -0.309 e. The van der Waals surface area contributed by atoms with Crippen molar-refractivity contribution in [1.29, 1.82) is 5.26 Å². The van der Waals surface area contributed by atoms with Gasteiger partial charge in [0.1, 0.15) is 10.9 Å². The molecule has 4 aromatic heterocycles. The molecule has 0 aliphatic heterocycles. The first-order valence-corrected chi connectivity index (χ1v) is 19.7. The van der Waals surface area contributed by atoms with Gasteiger partial charge in [0.2, 0.25) is 0 Å². The van der Waals surface area contributed by atoms with Gasteiger partial charge in [-0.3, -0.25) is 0 Å². The van der Waals surface area contributed by atoms with E-state index in [-0.39, 0.29) is 5.41 Å². The van der Waals surface area contributed by atoms with E-state index in [9.17, 15) is 5.26 Å². The number of nitrogens with zero attached hydrogens (tertiary/aromatic N) is 5. The predicted octanol–water partition coefficient (Wildman–Crippen LogP) is 12.9. The monoisotopic (exact) mass is 733 g/mol. The van der Waals surface area contributed by atoms with Gasteiger partial charge in [0.25, 0.3) is 0 Å². The Hall–Kier alpha value is -7.07. The molecule has 5 nitrogen and oxygen atoms in total. The van der Waals surface area contributed by atoms with Gasteiger partial charge in [-0.05, 0) is 89.0 Å². The third-order valence-electron chi connectivity index (χ3n) is 12.0. The van der Waals surface area contributed by atoms with Crippen molar-refractivity contribution in [3.05, 3.63) is 168 Å². The Morgan fingerprint density at radius 2 is 1.11 bits per heavy atom. The van der Waals surface area contributed by atoms with Crippen LogP contribution in [0.15, 0.2) is 152 Å². The third kappa shape index (κ3) is 4.18. The van der Waals surface area contributed by atoms with Gasteiger partial charge in [-0.2, -0.15) is 5.26 Å². The number of hydrogen-bond donors (Lipinski definition) is 0. The summed E-state index contributed by atoms with van der Waals surface area (Å²) in [6, 6.07) is 56.8. The zero-order chi connectivity index (χ0) is 37.3. The first-order valence-electron chi connectivity index (χ1n) is 18.9. The molecule has 1 aliphatic rings. The zero-order valence-corrected chi connectivity index (χ0v) is 31.4. The van der Waals surface area contributed by atoms with Gasteiger partial charge >= 0.3 is 0 Å². The van der Waals surface area contributed by atoms with E-state index in [0.29, 0.717) is 11.5 Å². The van der Waals surface area contributed by atoms with Crippen molar-refractivity contribution >= 4 is 75.3 Å². The van der Waals surface area contributed by atoms with E-state index in [4.69, 9.17) is 9.97 Å². The number of nitriles is 1. The van der Waals surface area contributed by atoms with Crippen LogP contribution in [0.3, 0.4) is 0 Å². The summed E-state index contributed by atoms with van der Waals surface area (Å²) in [5.74, 6) is 0.572. The summed E-state index contributed by atoms with van der Waals surface area (Å²) >= 11 is 1.61. The van der Waals surface area contributed by atoms with Crippen LogP contribution >= 0.6 is 11.3 Å². The second kappa shape index (κ2) is 11.2. The fraction of sp³-hybridized carbons (Fsp3) is 0.0600. The highest BCUT2D eigenvalue weighted by molar-refractivity contribution is 7.25. The van der Waals surface area contributed by atoms with E-state index < -0.39 is 0 Å². The van der Waals surface area contributed by atoms with E-state index in [1.54, 1.807) is 11.3 Å². The van der Waals surface area contributed by atoms with Crippen LogP contribution < -0.4 is 0 Å². The summed E-state index contributed by atoms with van der Waals surface area (Å²) in [5.41, 5.74) is 13.2. The summed E-state index contributed by atoms with van der Waals surface area (Å²) in [6.07, 6.45) is 0. The molecule has 0 saturated carbocycles. The molecule has 0 fully saturated rings. The van der Waals surface area contributed by atoms with E-state index in [2.05, 4.69) is 150 Å². The number of thiophene rings is 1. The van der Waals surface area contributed by atoms with Gasteiger partial charge in [-0.1, -0.05) is 98.8 Å². The molecule has 0 N–H and O–H groups in total. The SMILES string of the molecule is CC1(C)c2cc3c4ccccc4n(-c4ccccc4)c3cc2-c2cc3c(cc21)c1ccccc1n3-c1ccc2sc3nc(-c4ccccc4)nc(C#N)c3c2c1. The minimum absolute atomic E-state index is 0.201. The highest BCUT2D eigenvalue weighted by Crippen LogP contribution is 2.53. The average molecular weight is 734 g/mol. The summed E-state index contributed by atoms with van der Waals surface area (Å²) in [4.78, 5) is 10.6. The second-order valence-corrected chi connectivity index (χ2v) is 16.4. The normalized spacial score (nSPS) is 13.3. The number of rotatable bonds is 3. The van der Waals surface area contributed by atoms with Crippen molar-refractivity contribution in [3.63, 3.8) is 0 Å². The fourth-order valence-corrected chi connectivity index (χ4v) is 10.4. The number of para-hydroxylation sites is 3. The predicted molar refractivity (Wildman–Crippen MR) is 231 cm³/mol. The molecule has 0 saturated heterocycles. The summed E-state index contributed by atoms with van der Waals surface area (Å²) in [7, 11) is 0. The smallest absolute Gasteiger partial charge is 0.162 e. The Morgan fingerprint density at radius 1 is 0.536 bits per heavy atom. The molecular formula is C50H31N5S. The Balaban J connectivity index is 1.11. The van der Waals surface area contributed by atoms with Gasteiger partial charge in [0, 0.05) is 54.0 Å². The van der Waals surface area contributed by atoms with Crippen molar-refractivity contribution < 1.29 is 0 Å². The second-order valence-electron chi connectivity index (χ2n) is 15.3. The molecule has 56 heavy (non-hydrogen) atoms. The molecule has 0 amide bonds. The number of aromatic nitrogens is 4. The van der Waals surface area contributed by atoms with Crippen LogP contribution in [-0.4, -0.2) is 19.1 Å². The van der Waals surface area contributed by atoms with Gasteiger partial charge in [-0.15, -0.1) is 11.3 Å². The molecule has 0 spiro atoms. The molecule has 0 atom stereocenters. The van der Waals surface area contributed by atoms with Crippen LogP contribution in [0.2, 0.25) is 0 Å². The lowest BCUT2D eigenvalue weighted by Gasteiger charge is -2.22. The molecule has 0 unspecified atom stereocenters. The van der Waals surface area contributed by atoms with Crippen LogP contribution in [-0.2, 0) is 5.41 Å². The van der Waals surface area contributed by atoms with E-state index >= 15 is 0 Å². The molecule has 4 heterocycles. The Labute approximate surface area is 326 Å². The Morgan fingerprint density at radius 3 is 1.73 bits per heavy atom. The summed E-state index contributed by atoms with van der Waals surface area (Å²) < 4.78 is 5.88. The minimum atomic E-state index is -0.201. The van der Waals surface area contributed by atoms with Gasteiger partial charge in [0.15, 0.2) is 11.5 Å². The molecule has 12 rings (SSSR count). The average Bonchev–Trinajstić information content (AvgIpc) is 3.94. The molecule has 0 bridgehead atoms. The maximum Gasteiger partial charge on any atom is 0.162 e. The van der Waals surface area contributed by atoms with Crippen molar-refractivity contribution in [3.8, 4) is 40.0 Å². The first-order chi connectivity index (χ1) is 27.5. The van der Waals surface area contributed by atoms with Crippen LogP contribution in [0, 0.1) is 11.3 Å². The number of fused-ring (bicyclic) bond motifs is 12. The lowest BCUT2D eigenvalue weighted by molar-refractivity contribution is 0.662. The molecule has 7 aromatic carbocycles. The standard InChI is InChI=1S/C50H31N5S/c1-50(2)39-24-36-32-17-9-11-19-42(32)54(30-15-7-4-8-16-30)44(36)26-34(39)35-27-45-37(25-40(35)50)33-18-10-12-20-43(33)55(45)31-21-22-46-38(23-31)47-41(28-51)52-48(53-49(47)56-46)29-13-5-3-6-14-29/h3-27H,1-2H3. The molecule has 1 aliphatic carbocycles. The molecule has 11 aromatic rings. The van der Waals surface area contributed by atoms with Crippen molar-refractivity contribution in [2.24, 2.45) is 0 Å². The first kappa shape index (κ1) is 31.3.